The van der Waals surface area contributed by atoms with Gasteiger partial charge in [0, 0.05) is 12.6 Å². The third-order valence-corrected chi connectivity index (χ3v) is 6.39. The van der Waals surface area contributed by atoms with E-state index in [9.17, 15) is 0 Å². The zero-order valence-electron chi connectivity index (χ0n) is 12.8. The predicted molar refractivity (Wildman–Crippen MR) is 79.0 cm³/mol. The Kier molecular flexibility index (Phi) is 3.68. The summed E-state index contributed by atoms with van der Waals surface area (Å²) in [6.45, 7) is 5.83. The van der Waals surface area contributed by atoms with Gasteiger partial charge in [-0.2, -0.15) is 0 Å². The number of hydrogen-bond donors (Lipinski definition) is 1. The Morgan fingerprint density at radius 2 is 1.84 bits per heavy atom. The van der Waals surface area contributed by atoms with E-state index in [-0.39, 0.29) is 5.60 Å². The van der Waals surface area contributed by atoms with Crippen LogP contribution in [0.3, 0.4) is 0 Å². The van der Waals surface area contributed by atoms with Crippen LogP contribution in [0.1, 0.15) is 71.6 Å². The number of rotatable bonds is 2. The molecule has 3 rings (SSSR count). The van der Waals surface area contributed by atoms with Gasteiger partial charge in [-0.15, -0.1) is 0 Å². The van der Waals surface area contributed by atoms with Crippen LogP contribution in [-0.2, 0) is 4.74 Å². The highest BCUT2D eigenvalue weighted by molar-refractivity contribution is 4.99. The Morgan fingerprint density at radius 1 is 1.05 bits per heavy atom. The van der Waals surface area contributed by atoms with Crippen LogP contribution in [-0.4, -0.2) is 18.2 Å². The van der Waals surface area contributed by atoms with Crippen LogP contribution in [0.2, 0.25) is 0 Å². The molecule has 0 aromatic heterocycles. The van der Waals surface area contributed by atoms with Gasteiger partial charge in [0.15, 0.2) is 0 Å². The normalized spacial score (nSPS) is 38.7. The first-order valence-corrected chi connectivity index (χ1v) is 8.42. The molecule has 3 atom stereocenters. The fourth-order valence-corrected chi connectivity index (χ4v) is 4.88. The van der Waals surface area contributed by atoms with E-state index in [0.717, 1.165) is 12.5 Å². The van der Waals surface area contributed by atoms with Gasteiger partial charge in [0.05, 0.1) is 5.60 Å². The number of hydrogen-bond acceptors (Lipinski definition) is 2. The van der Waals surface area contributed by atoms with E-state index in [0.29, 0.717) is 17.4 Å². The lowest BCUT2D eigenvalue weighted by Gasteiger charge is -2.51. The van der Waals surface area contributed by atoms with Gasteiger partial charge in [-0.05, 0) is 62.2 Å². The average molecular weight is 265 g/mol. The molecule has 0 bridgehead atoms. The first kappa shape index (κ1) is 13.9. The first-order chi connectivity index (χ1) is 9.03. The highest BCUT2D eigenvalue weighted by Crippen LogP contribution is 2.49. The summed E-state index contributed by atoms with van der Waals surface area (Å²) in [5, 5.41) is 0. The highest BCUT2D eigenvalue weighted by Gasteiger charge is 2.46. The topological polar surface area (TPSA) is 35.2 Å². The van der Waals surface area contributed by atoms with Gasteiger partial charge in [0.25, 0.3) is 0 Å². The van der Waals surface area contributed by atoms with E-state index in [1.54, 1.807) is 0 Å². The Balaban J connectivity index is 1.67. The number of nitrogens with two attached hydrogens (primary N) is 1. The molecule has 0 radical (unpaired) electrons. The Bertz CT molecular complexity index is 321. The maximum absolute atomic E-state index is 6.74. The monoisotopic (exact) mass is 265 g/mol. The molecule has 19 heavy (non-hydrogen) atoms. The van der Waals surface area contributed by atoms with Gasteiger partial charge in [-0.25, -0.2) is 0 Å². The standard InChI is InChI=1S/C17H31NO/c1-16(2)8-4-3-6-14(16)15(18)13-7-11-19-17(12-13)9-5-10-17/h13-15H,3-12,18H2,1-2H3. The van der Waals surface area contributed by atoms with Crippen molar-refractivity contribution in [3.05, 3.63) is 0 Å². The van der Waals surface area contributed by atoms with E-state index >= 15 is 0 Å². The SMILES string of the molecule is CC1(C)CCCCC1C(N)C1CCOC2(CCC2)C1. The maximum atomic E-state index is 6.74. The number of ether oxygens (including phenoxy) is 1. The fraction of sp³-hybridized carbons (Fsp3) is 1.00. The van der Waals surface area contributed by atoms with E-state index in [2.05, 4.69) is 13.8 Å². The van der Waals surface area contributed by atoms with Crippen molar-refractivity contribution >= 4 is 0 Å². The minimum atomic E-state index is 0.249. The lowest BCUT2D eigenvalue weighted by molar-refractivity contribution is -0.150. The van der Waals surface area contributed by atoms with Gasteiger partial charge in [-0.3, -0.25) is 0 Å². The molecule has 1 aliphatic heterocycles. The van der Waals surface area contributed by atoms with Crippen LogP contribution < -0.4 is 5.73 Å². The Morgan fingerprint density at radius 3 is 2.47 bits per heavy atom. The Hall–Kier alpha value is -0.0800. The second-order valence-electron chi connectivity index (χ2n) is 8.06. The molecule has 1 spiro atoms. The quantitative estimate of drug-likeness (QED) is 0.822. The zero-order chi connectivity index (χ0) is 13.5. The summed E-state index contributed by atoms with van der Waals surface area (Å²) in [4.78, 5) is 0. The second-order valence-corrected chi connectivity index (χ2v) is 8.06. The van der Waals surface area contributed by atoms with Crippen LogP contribution in [0.5, 0.6) is 0 Å². The van der Waals surface area contributed by atoms with Crippen molar-refractivity contribution in [3.8, 4) is 0 Å². The van der Waals surface area contributed by atoms with E-state index in [1.807, 2.05) is 0 Å². The lowest BCUT2D eigenvalue weighted by Crippen LogP contribution is -2.53. The van der Waals surface area contributed by atoms with Gasteiger partial charge < -0.3 is 10.5 Å². The summed E-state index contributed by atoms with van der Waals surface area (Å²) in [6, 6.07) is 0.400. The summed E-state index contributed by atoms with van der Waals surface area (Å²) < 4.78 is 6.07. The summed E-state index contributed by atoms with van der Waals surface area (Å²) in [7, 11) is 0. The average Bonchev–Trinajstić information content (AvgIpc) is 2.36. The molecule has 110 valence electrons. The molecule has 0 amide bonds. The van der Waals surface area contributed by atoms with Gasteiger partial charge in [-0.1, -0.05) is 26.7 Å². The van der Waals surface area contributed by atoms with Gasteiger partial charge >= 0.3 is 0 Å². The van der Waals surface area contributed by atoms with Gasteiger partial charge in [0.1, 0.15) is 0 Å². The van der Waals surface area contributed by atoms with E-state index in [4.69, 9.17) is 10.5 Å². The van der Waals surface area contributed by atoms with Crippen LogP contribution in [0.4, 0.5) is 0 Å². The maximum Gasteiger partial charge on any atom is 0.0685 e. The minimum Gasteiger partial charge on any atom is -0.375 e. The second kappa shape index (κ2) is 5.04. The molecule has 2 aliphatic carbocycles. The lowest BCUT2D eigenvalue weighted by atomic mass is 9.61. The smallest absolute Gasteiger partial charge is 0.0685 e. The third-order valence-electron chi connectivity index (χ3n) is 6.39. The summed E-state index contributed by atoms with van der Waals surface area (Å²) >= 11 is 0. The van der Waals surface area contributed by atoms with Crippen LogP contribution in [0.15, 0.2) is 0 Å². The highest BCUT2D eigenvalue weighted by atomic mass is 16.5. The minimum absolute atomic E-state index is 0.249. The Labute approximate surface area is 118 Å². The predicted octanol–water partition coefficient (Wildman–Crippen LogP) is 3.88. The van der Waals surface area contributed by atoms with Crippen molar-refractivity contribution in [2.75, 3.05) is 6.61 Å². The first-order valence-electron chi connectivity index (χ1n) is 8.42. The molecule has 3 fully saturated rings. The summed E-state index contributed by atoms with van der Waals surface area (Å²) in [5.41, 5.74) is 7.44. The van der Waals surface area contributed by atoms with Crippen LogP contribution >= 0.6 is 0 Å². The molecular weight excluding hydrogens is 234 g/mol. The van der Waals surface area contributed by atoms with Crippen molar-refractivity contribution < 1.29 is 4.74 Å². The molecule has 2 nitrogen and oxygen atoms in total. The van der Waals surface area contributed by atoms with Crippen LogP contribution in [0.25, 0.3) is 0 Å². The summed E-state index contributed by atoms with van der Waals surface area (Å²) in [6.07, 6.45) is 11.8. The van der Waals surface area contributed by atoms with Crippen molar-refractivity contribution in [1.29, 1.82) is 0 Å². The van der Waals surface area contributed by atoms with Crippen LogP contribution in [0, 0.1) is 17.3 Å². The van der Waals surface area contributed by atoms with Crippen molar-refractivity contribution in [2.24, 2.45) is 23.0 Å². The molecule has 2 N–H and O–H groups in total. The largest absolute Gasteiger partial charge is 0.375 e. The zero-order valence-corrected chi connectivity index (χ0v) is 12.8. The molecule has 2 heteroatoms. The molecule has 0 aromatic rings. The molecule has 2 saturated carbocycles. The summed E-state index contributed by atoms with van der Waals surface area (Å²) in [5.74, 6) is 1.43. The van der Waals surface area contributed by atoms with Crippen molar-refractivity contribution in [3.63, 3.8) is 0 Å². The molecule has 3 aliphatic rings. The third kappa shape index (κ3) is 2.58. The van der Waals surface area contributed by atoms with Crippen molar-refractivity contribution in [2.45, 2.75) is 83.3 Å². The fourth-order valence-electron chi connectivity index (χ4n) is 4.88. The van der Waals surface area contributed by atoms with E-state index in [1.165, 1.54) is 57.8 Å². The van der Waals surface area contributed by atoms with Gasteiger partial charge in [0.2, 0.25) is 0 Å². The molecule has 0 aromatic carbocycles. The molecule has 1 heterocycles. The van der Waals surface area contributed by atoms with Crippen molar-refractivity contribution in [1.82, 2.24) is 0 Å². The molecular formula is C17H31NO. The molecule has 1 saturated heterocycles. The van der Waals surface area contributed by atoms with E-state index < -0.39 is 0 Å². The molecule has 3 unspecified atom stereocenters.